The van der Waals surface area contributed by atoms with E-state index >= 15 is 0 Å². The summed E-state index contributed by atoms with van der Waals surface area (Å²) in [4.78, 5) is 4.36. The molecule has 1 unspecified atom stereocenters. The van der Waals surface area contributed by atoms with Crippen molar-refractivity contribution in [2.75, 3.05) is 7.05 Å². The fourth-order valence-corrected chi connectivity index (χ4v) is 1.83. The van der Waals surface area contributed by atoms with E-state index in [0.717, 1.165) is 5.01 Å². The minimum Gasteiger partial charge on any atom is -0.373 e. The molecule has 74 valence electrons. The first-order chi connectivity index (χ1) is 5.95. The molecule has 1 heterocycles. The molecule has 1 rings (SSSR count). The molecule has 0 fully saturated rings. The van der Waals surface area contributed by atoms with Crippen molar-refractivity contribution in [1.29, 1.82) is 0 Å². The summed E-state index contributed by atoms with van der Waals surface area (Å²) in [5.74, 6) is 0. The van der Waals surface area contributed by atoms with E-state index in [1.54, 1.807) is 18.4 Å². The highest BCUT2D eigenvalue weighted by Gasteiger charge is 2.19. The van der Waals surface area contributed by atoms with Crippen molar-refractivity contribution < 1.29 is 5.11 Å². The smallest absolute Gasteiger partial charge is 0.148 e. The minimum absolute atomic E-state index is 0.0659. The first-order valence-corrected chi connectivity index (χ1v) is 5.14. The molecule has 0 amide bonds. The Hall–Kier alpha value is -0.450. The van der Waals surface area contributed by atoms with Gasteiger partial charge in [0.25, 0.3) is 0 Å². The van der Waals surface area contributed by atoms with E-state index in [9.17, 15) is 5.11 Å². The van der Waals surface area contributed by atoms with E-state index in [0.29, 0.717) is 5.69 Å². The third-order valence-electron chi connectivity index (χ3n) is 1.72. The minimum atomic E-state index is -0.646. The number of aliphatic hydroxyl groups is 1. The molecule has 0 saturated heterocycles. The molecular formula is C9H16N2OS. The normalized spacial score (nSPS) is 14.5. The summed E-state index contributed by atoms with van der Waals surface area (Å²) >= 11 is 1.59. The van der Waals surface area contributed by atoms with Gasteiger partial charge in [0.1, 0.15) is 6.23 Å². The maximum atomic E-state index is 9.44. The zero-order chi connectivity index (χ0) is 10.1. The number of thiazole rings is 1. The Morgan fingerprint density at radius 1 is 1.54 bits per heavy atom. The molecule has 2 N–H and O–H groups in total. The fourth-order valence-electron chi connectivity index (χ4n) is 0.904. The molecule has 0 saturated carbocycles. The average molecular weight is 200 g/mol. The van der Waals surface area contributed by atoms with Crippen LogP contribution in [0.1, 0.15) is 37.7 Å². The molecule has 1 aromatic heterocycles. The predicted molar refractivity (Wildman–Crippen MR) is 54.8 cm³/mol. The van der Waals surface area contributed by atoms with Gasteiger partial charge < -0.3 is 5.11 Å². The van der Waals surface area contributed by atoms with Gasteiger partial charge >= 0.3 is 0 Å². The molecular weight excluding hydrogens is 184 g/mol. The molecule has 13 heavy (non-hydrogen) atoms. The van der Waals surface area contributed by atoms with Crippen LogP contribution in [0.5, 0.6) is 0 Å². The molecule has 0 aliphatic heterocycles. The van der Waals surface area contributed by atoms with Crippen LogP contribution in [-0.2, 0) is 5.41 Å². The fraction of sp³-hybridized carbons (Fsp3) is 0.667. The highest BCUT2D eigenvalue weighted by Crippen LogP contribution is 2.26. The van der Waals surface area contributed by atoms with Crippen molar-refractivity contribution in [1.82, 2.24) is 10.3 Å². The maximum absolute atomic E-state index is 9.44. The van der Waals surface area contributed by atoms with Crippen LogP contribution in [0.25, 0.3) is 0 Å². The maximum Gasteiger partial charge on any atom is 0.148 e. The van der Waals surface area contributed by atoms with Gasteiger partial charge in [0, 0.05) is 10.8 Å². The van der Waals surface area contributed by atoms with E-state index in [4.69, 9.17) is 0 Å². The first-order valence-electron chi connectivity index (χ1n) is 4.26. The van der Waals surface area contributed by atoms with Gasteiger partial charge in [0.2, 0.25) is 0 Å². The summed E-state index contributed by atoms with van der Waals surface area (Å²) in [6.07, 6.45) is -0.646. The Morgan fingerprint density at radius 3 is 2.54 bits per heavy atom. The number of hydrogen-bond acceptors (Lipinski definition) is 4. The third-order valence-corrected chi connectivity index (χ3v) is 3.00. The summed E-state index contributed by atoms with van der Waals surface area (Å²) in [5.41, 5.74) is 0.772. The highest BCUT2D eigenvalue weighted by molar-refractivity contribution is 7.09. The lowest BCUT2D eigenvalue weighted by atomic mass is 9.98. The summed E-state index contributed by atoms with van der Waals surface area (Å²) < 4.78 is 0. The van der Waals surface area contributed by atoms with Crippen LogP contribution in [0.15, 0.2) is 5.38 Å². The third kappa shape index (κ3) is 2.49. The predicted octanol–water partition coefficient (Wildman–Crippen LogP) is 1.65. The first kappa shape index (κ1) is 10.6. The number of aliphatic hydroxyl groups excluding tert-OH is 1. The van der Waals surface area contributed by atoms with Crippen molar-refractivity contribution in [3.8, 4) is 0 Å². The zero-order valence-corrected chi connectivity index (χ0v) is 9.27. The lowest BCUT2D eigenvalue weighted by molar-refractivity contribution is 0.145. The second-order valence-electron chi connectivity index (χ2n) is 4.02. The molecule has 0 aliphatic rings. The van der Waals surface area contributed by atoms with Gasteiger partial charge in [-0.1, -0.05) is 20.8 Å². The molecule has 0 aliphatic carbocycles. The second-order valence-corrected chi connectivity index (χ2v) is 4.88. The standard InChI is InChI=1S/C9H16N2OS/c1-9(2,3)8-11-6(5-13-8)7(12)10-4/h5,7,10,12H,1-4H3. The summed E-state index contributed by atoms with van der Waals surface area (Å²) in [7, 11) is 1.71. The van der Waals surface area contributed by atoms with E-state index in [1.807, 2.05) is 5.38 Å². The van der Waals surface area contributed by atoms with Crippen molar-refractivity contribution in [2.45, 2.75) is 32.4 Å². The number of nitrogens with one attached hydrogen (secondary N) is 1. The van der Waals surface area contributed by atoms with Crippen LogP contribution in [-0.4, -0.2) is 17.1 Å². The summed E-state index contributed by atoms with van der Waals surface area (Å²) in [6.45, 7) is 6.34. The monoisotopic (exact) mass is 200 g/mol. The van der Waals surface area contributed by atoms with E-state index < -0.39 is 6.23 Å². The van der Waals surface area contributed by atoms with Crippen LogP contribution < -0.4 is 5.32 Å². The van der Waals surface area contributed by atoms with Crippen LogP contribution in [0, 0.1) is 0 Å². The van der Waals surface area contributed by atoms with Gasteiger partial charge in [0.05, 0.1) is 10.7 Å². The van der Waals surface area contributed by atoms with Gasteiger partial charge in [-0.3, -0.25) is 5.32 Å². The Kier molecular flexibility index (Phi) is 3.05. The molecule has 0 radical (unpaired) electrons. The zero-order valence-electron chi connectivity index (χ0n) is 8.46. The van der Waals surface area contributed by atoms with Gasteiger partial charge in [-0.15, -0.1) is 11.3 Å². The number of nitrogens with zero attached hydrogens (tertiary/aromatic N) is 1. The summed E-state index contributed by atoms with van der Waals surface area (Å²) in [6, 6.07) is 0. The molecule has 1 aromatic rings. The van der Waals surface area contributed by atoms with Gasteiger partial charge in [0.15, 0.2) is 0 Å². The molecule has 0 bridgehead atoms. The van der Waals surface area contributed by atoms with Crippen LogP contribution in [0.2, 0.25) is 0 Å². The topological polar surface area (TPSA) is 45.1 Å². The largest absolute Gasteiger partial charge is 0.373 e. The second kappa shape index (κ2) is 3.74. The molecule has 4 heteroatoms. The SMILES string of the molecule is CNC(O)c1csc(C(C)(C)C)n1. The van der Waals surface area contributed by atoms with Crippen molar-refractivity contribution in [3.63, 3.8) is 0 Å². The van der Waals surface area contributed by atoms with E-state index in [-0.39, 0.29) is 5.41 Å². The number of hydrogen-bond donors (Lipinski definition) is 2. The lowest BCUT2D eigenvalue weighted by Gasteiger charge is -2.14. The average Bonchev–Trinajstić information content (AvgIpc) is 2.50. The van der Waals surface area contributed by atoms with E-state index in [1.165, 1.54) is 0 Å². The number of aromatic nitrogens is 1. The molecule has 0 aromatic carbocycles. The summed E-state index contributed by atoms with van der Waals surface area (Å²) in [5, 5.41) is 15.1. The van der Waals surface area contributed by atoms with Crippen molar-refractivity contribution >= 4 is 11.3 Å². The Labute approximate surface area is 82.8 Å². The quantitative estimate of drug-likeness (QED) is 0.714. The molecule has 3 nitrogen and oxygen atoms in total. The highest BCUT2D eigenvalue weighted by atomic mass is 32.1. The molecule has 0 spiro atoms. The van der Waals surface area contributed by atoms with E-state index in [2.05, 4.69) is 31.1 Å². The van der Waals surface area contributed by atoms with Crippen LogP contribution >= 0.6 is 11.3 Å². The van der Waals surface area contributed by atoms with Crippen molar-refractivity contribution in [3.05, 3.63) is 16.1 Å². The molecule has 1 atom stereocenters. The Bertz CT molecular complexity index is 277. The Balaban J connectivity index is 2.87. The number of rotatable bonds is 2. The van der Waals surface area contributed by atoms with Gasteiger partial charge in [-0.2, -0.15) is 0 Å². The van der Waals surface area contributed by atoms with Gasteiger partial charge in [-0.25, -0.2) is 4.98 Å². The van der Waals surface area contributed by atoms with Crippen LogP contribution in [0.3, 0.4) is 0 Å². The van der Waals surface area contributed by atoms with Gasteiger partial charge in [-0.05, 0) is 7.05 Å². The van der Waals surface area contributed by atoms with Crippen molar-refractivity contribution in [2.24, 2.45) is 0 Å². The Morgan fingerprint density at radius 2 is 2.15 bits per heavy atom. The van der Waals surface area contributed by atoms with Crippen LogP contribution in [0.4, 0.5) is 0 Å². The lowest BCUT2D eigenvalue weighted by Crippen LogP contribution is -2.17.